The lowest BCUT2D eigenvalue weighted by molar-refractivity contribution is -0.139. The van der Waals surface area contributed by atoms with Crippen LogP contribution < -0.4 is 16.4 Å². The van der Waals surface area contributed by atoms with Crippen LogP contribution in [0.4, 0.5) is 4.79 Å². The third-order valence-electron chi connectivity index (χ3n) is 2.26. The highest BCUT2D eigenvalue weighted by Gasteiger charge is 2.27. The van der Waals surface area contributed by atoms with Gasteiger partial charge in [-0.1, -0.05) is 0 Å². The molecule has 0 aliphatic heterocycles. The molecule has 126 valence electrons. The Balaban J connectivity index is 4.75. The molecule has 0 heterocycles. The summed E-state index contributed by atoms with van der Waals surface area (Å²) in [7, 11) is -4.68. The number of primary amides is 1. The molecule has 2 atom stereocenters. The number of carboxylic acid groups (broad SMARTS) is 2. The van der Waals surface area contributed by atoms with Gasteiger partial charge in [0.1, 0.15) is 17.8 Å². The fraction of sp³-hybridized carbons (Fsp3) is 0.556. The Hall–Kier alpha value is -2.41. The lowest BCUT2D eigenvalue weighted by Gasteiger charge is -2.17. The predicted molar refractivity (Wildman–Crippen MR) is 69.4 cm³/mol. The van der Waals surface area contributed by atoms with Crippen molar-refractivity contribution in [3.8, 4) is 0 Å². The van der Waals surface area contributed by atoms with Gasteiger partial charge in [-0.2, -0.15) is 8.42 Å². The van der Waals surface area contributed by atoms with Gasteiger partial charge in [-0.25, -0.2) is 14.4 Å². The van der Waals surface area contributed by atoms with Crippen LogP contribution in [0.25, 0.3) is 0 Å². The Morgan fingerprint density at radius 2 is 1.45 bits per heavy atom. The molecule has 0 aliphatic rings. The van der Waals surface area contributed by atoms with Crippen LogP contribution >= 0.6 is 0 Å². The molecule has 13 heteroatoms. The third kappa shape index (κ3) is 8.70. The molecule has 0 saturated carbocycles. The summed E-state index contributed by atoms with van der Waals surface area (Å²) in [6, 6.07) is -4.82. The number of aliphatic carboxylic acids is 2. The molecule has 0 aromatic rings. The first kappa shape index (κ1) is 19.6. The van der Waals surface area contributed by atoms with E-state index in [-0.39, 0.29) is 12.8 Å². The summed E-state index contributed by atoms with van der Waals surface area (Å²) in [5.74, 6) is -5.35. The predicted octanol–water partition coefficient (Wildman–Crippen LogP) is -2.65. The lowest BCUT2D eigenvalue weighted by Crippen LogP contribution is -2.53. The van der Waals surface area contributed by atoms with Crippen molar-refractivity contribution in [3.63, 3.8) is 0 Å². The number of carbonyl (C=O) groups excluding carboxylic acids is 2. The van der Waals surface area contributed by atoms with Gasteiger partial charge in [-0.15, -0.1) is 0 Å². The van der Waals surface area contributed by atoms with E-state index in [0.717, 1.165) is 0 Å². The number of rotatable bonds is 9. The highest BCUT2D eigenvalue weighted by Crippen LogP contribution is 1.98. The average Bonchev–Trinajstić information content (AvgIpc) is 2.31. The first-order valence-electron chi connectivity index (χ1n) is 5.68. The molecule has 0 aromatic heterocycles. The molecule has 0 saturated heterocycles. The van der Waals surface area contributed by atoms with Gasteiger partial charge in [0.2, 0.25) is 5.91 Å². The van der Waals surface area contributed by atoms with Crippen LogP contribution in [0.15, 0.2) is 0 Å². The highest BCUT2D eigenvalue weighted by atomic mass is 32.2. The molecule has 3 amide bonds. The molecule has 0 aliphatic carbocycles. The largest absolute Gasteiger partial charge is 0.480 e. The molecule has 7 N–H and O–H groups in total. The number of nitrogens with one attached hydrogen (secondary N) is 2. The van der Waals surface area contributed by atoms with Gasteiger partial charge in [-0.05, 0) is 6.42 Å². The van der Waals surface area contributed by atoms with Crippen LogP contribution in [0.5, 0.6) is 0 Å². The van der Waals surface area contributed by atoms with Crippen molar-refractivity contribution >= 4 is 34.0 Å². The Labute approximate surface area is 124 Å². The van der Waals surface area contributed by atoms with Gasteiger partial charge in [-0.3, -0.25) is 9.35 Å². The first-order chi connectivity index (χ1) is 9.92. The smallest absolute Gasteiger partial charge is 0.327 e. The van der Waals surface area contributed by atoms with E-state index in [1.807, 2.05) is 5.32 Å². The first-order valence-corrected chi connectivity index (χ1v) is 7.29. The second-order valence-electron chi connectivity index (χ2n) is 4.15. The number of nitrogens with two attached hydrogens (primary N) is 1. The quantitative estimate of drug-likeness (QED) is 0.241. The average molecular weight is 341 g/mol. The summed E-state index contributed by atoms with van der Waals surface area (Å²) in [5, 5.41) is 21.1. The second kappa shape index (κ2) is 8.14. The van der Waals surface area contributed by atoms with Crippen molar-refractivity contribution < 1.29 is 42.4 Å². The maximum atomic E-state index is 11.5. The number of urea groups is 1. The molecular formula is C9H15N3O9S. The van der Waals surface area contributed by atoms with E-state index in [1.54, 1.807) is 5.32 Å². The van der Waals surface area contributed by atoms with E-state index < -0.39 is 51.8 Å². The molecule has 12 nitrogen and oxygen atoms in total. The summed E-state index contributed by atoms with van der Waals surface area (Å²) in [5.41, 5.74) is 4.83. The molecule has 0 rings (SSSR count). The standard InChI is InChI=1S/C9H15N3O9S/c10-6(13)2-1-4(7(14)15)11-9(18)12-5(8(16)17)3-22(19,20)21/h4-5H,1-3H2,(H2,10,13)(H,14,15)(H,16,17)(H2,11,12,18)(H,19,20,21)/t4-,5-/m0/s1. The van der Waals surface area contributed by atoms with Crippen molar-refractivity contribution in [2.24, 2.45) is 5.73 Å². The van der Waals surface area contributed by atoms with E-state index in [0.29, 0.717) is 0 Å². The van der Waals surface area contributed by atoms with Crippen LogP contribution in [0.2, 0.25) is 0 Å². The van der Waals surface area contributed by atoms with Gasteiger partial charge < -0.3 is 26.6 Å². The number of hydrogen-bond donors (Lipinski definition) is 6. The minimum atomic E-state index is -4.68. The van der Waals surface area contributed by atoms with Crippen molar-refractivity contribution in [1.29, 1.82) is 0 Å². The maximum absolute atomic E-state index is 11.5. The van der Waals surface area contributed by atoms with Gasteiger partial charge in [0, 0.05) is 6.42 Å². The van der Waals surface area contributed by atoms with E-state index in [2.05, 4.69) is 0 Å². The van der Waals surface area contributed by atoms with Gasteiger partial charge >= 0.3 is 18.0 Å². The molecule has 0 radical (unpaired) electrons. The van der Waals surface area contributed by atoms with Gasteiger partial charge in [0.25, 0.3) is 10.1 Å². The zero-order valence-electron chi connectivity index (χ0n) is 11.1. The van der Waals surface area contributed by atoms with Gasteiger partial charge in [0.15, 0.2) is 0 Å². The number of carbonyl (C=O) groups is 4. The second-order valence-corrected chi connectivity index (χ2v) is 5.65. The van der Waals surface area contributed by atoms with Crippen LogP contribution in [0.1, 0.15) is 12.8 Å². The molecule has 0 spiro atoms. The molecule has 0 unspecified atom stereocenters. The summed E-state index contributed by atoms with van der Waals surface area (Å²) in [6.07, 6.45) is -0.682. The number of carboxylic acids is 2. The molecule has 0 aromatic carbocycles. The van der Waals surface area contributed by atoms with Crippen LogP contribution in [-0.2, 0) is 24.5 Å². The molecule has 0 fully saturated rings. The topological polar surface area (TPSA) is 213 Å². The molecular weight excluding hydrogens is 326 g/mol. The Morgan fingerprint density at radius 1 is 1.00 bits per heavy atom. The van der Waals surface area contributed by atoms with Crippen molar-refractivity contribution in [2.75, 3.05) is 5.75 Å². The van der Waals surface area contributed by atoms with E-state index in [9.17, 15) is 27.6 Å². The zero-order chi connectivity index (χ0) is 17.5. The normalized spacial score (nSPS) is 13.7. The van der Waals surface area contributed by atoms with E-state index in [1.165, 1.54) is 0 Å². The summed E-state index contributed by atoms with van der Waals surface area (Å²) in [4.78, 5) is 43.6. The van der Waals surface area contributed by atoms with E-state index in [4.69, 9.17) is 20.5 Å². The van der Waals surface area contributed by atoms with E-state index >= 15 is 0 Å². The number of hydrogen-bond acceptors (Lipinski definition) is 6. The summed E-state index contributed by atoms with van der Waals surface area (Å²) >= 11 is 0. The maximum Gasteiger partial charge on any atom is 0.327 e. The minimum absolute atomic E-state index is 0.339. The Kier molecular flexibility index (Phi) is 7.24. The monoisotopic (exact) mass is 341 g/mol. The summed E-state index contributed by atoms with van der Waals surface area (Å²) in [6.45, 7) is 0. The fourth-order valence-electron chi connectivity index (χ4n) is 1.29. The third-order valence-corrected chi connectivity index (χ3v) is 3.02. The Morgan fingerprint density at radius 3 is 1.82 bits per heavy atom. The van der Waals surface area contributed by atoms with Crippen LogP contribution in [-0.4, -0.2) is 64.9 Å². The van der Waals surface area contributed by atoms with Gasteiger partial charge in [0.05, 0.1) is 0 Å². The Bertz CT molecular complexity index is 559. The zero-order valence-corrected chi connectivity index (χ0v) is 11.9. The number of amides is 3. The highest BCUT2D eigenvalue weighted by molar-refractivity contribution is 7.85. The SMILES string of the molecule is NC(=O)CC[C@H](NC(=O)N[C@@H](CS(=O)(=O)O)C(=O)O)C(=O)O. The summed E-state index contributed by atoms with van der Waals surface area (Å²) < 4.78 is 29.8. The van der Waals surface area contributed by atoms with Crippen LogP contribution in [0.3, 0.4) is 0 Å². The molecule has 22 heavy (non-hydrogen) atoms. The molecule has 0 bridgehead atoms. The van der Waals surface area contributed by atoms with Crippen molar-refractivity contribution in [2.45, 2.75) is 24.9 Å². The minimum Gasteiger partial charge on any atom is -0.480 e. The van der Waals surface area contributed by atoms with Crippen molar-refractivity contribution in [3.05, 3.63) is 0 Å². The lowest BCUT2D eigenvalue weighted by atomic mass is 10.1. The fourth-order valence-corrected chi connectivity index (χ4v) is 1.93. The van der Waals surface area contributed by atoms with Crippen molar-refractivity contribution in [1.82, 2.24) is 10.6 Å². The van der Waals surface area contributed by atoms with Crippen LogP contribution in [0, 0.1) is 0 Å².